The van der Waals surface area contributed by atoms with E-state index in [9.17, 15) is 9.18 Å². The number of hydrogen-bond acceptors (Lipinski definition) is 6. The average molecular weight is 513 g/mol. The zero-order valence-electron chi connectivity index (χ0n) is 18.4. The number of carbonyl (C=O) groups is 1. The van der Waals surface area contributed by atoms with Crippen molar-refractivity contribution in [2.45, 2.75) is 19.3 Å². The van der Waals surface area contributed by atoms with E-state index in [-0.39, 0.29) is 24.1 Å². The molecule has 0 radical (unpaired) electrons. The van der Waals surface area contributed by atoms with Gasteiger partial charge in [-0.3, -0.25) is 9.69 Å². The Morgan fingerprint density at radius 2 is 1.97 bits per heavy atom. The molecule has 4 rings (SSSR count). The molecule has 0 bridgehead atoms. The van der Waals surface area contributed by atoms with Gasteiger partial charge in [0.25, 0.3) is 0 Å². The summed E-state index contributed by atoms with van der Waals surface area (Å²) < 4.78 is 20.3. The molecule has 0 aliphatic carbocycles. The highest BCUT2D eigenvalue weighted by molar-refractivity contribution is 7.22. The lowest BCUT2D eigenvalue weighted by atomic mass is 10.2. The molecule has 2 heterocycles. The van der Waals surface area contributed by atoms with Crippen LogP contribution in [0, 0.1) is 5.82 Å². The largest absolute Gasteiger partial charge is 0.497 e. The maximum absolute atomic E-state index is 14.1. The molecule has 6 nitrogen and oxygen atoms in total. The predicted octanol–water partition coefficient (Wildman–Crippen LogP) is 5.45. The van der Waals surface area contributed by atoms with E-state index in [0.29, 0.717) is 22.3 Å². The van der Waals surface area contributed by atoms with Crippen LogP contribution in [0.1, 0.15) is 19.3 Å². The number of benzene rings is 2. The fourth-order valence-corrected chi connectivity index (χ4v) is 4.91. The van der Waals surface area contributed by atoms with Crippen LogP contribution in [0.25, 0.3) is 10.2 Å². The number of aromatic nitrogens is 1. The van der Waals surface area contributed by atoms with Crippen LogP contribution in [-0.2, 0) is 4.79 Å². The number of amides is 1. The molecule has 33 heavy (non-hydrogen) atoms. The first-order valence-corrected chi connectivity index (χ1v) is 11.9. The summed E-state index contributed by atoms with van der Waals surface area (Å²) in [7, 11) is 1.63. The van der Waals surface area contributed by atoms with Crippen molar-refractivity contribution < 1.29 is 13.9 Å². The van der Waals surface area contributed by atoms with Gasteiger partial charge in [0.1, 0.15) is 11.6 Å². The Labute approximate surface area is 208 Å². The number of thiazole rings is 1. The van der Waals surface area contributed by atoms with E-state index in [1.807, 2.05) is 18.2 Å². The number of carbonyl (C=O) groups excluding carboxylic acids is 1. The summed E-state index contributed by atoms with van der Waals surface area (Å²) in [6, 6.07) is 10.5. The molecule has 2 aromatic carbocycles. The van der Waals surface area contributed by atoms with Gasteiger partial charge in [-0.15, -0.1) is 12.4 Å². The number of ether oxygens (including phenoxy) is 1. The van der Waals surface area contributed by atoms with Crippen LogP contribution in [0.4, 0.5) is 15.2 Å². The quantitative estimate of drug-likeness (QED) is 0.406. The molecule has 1 aliphatic heterocycles. The molecule has 3 aromatic rings. The zero-order chi connectivity index (χ0) is 22.5. The lowest BCUT2D eigenvalue weighted by molar-refractivity contribution is -0.116. The molecule has 0 atom stereocenters. The fraction of sp³-hybridized carbons (Fsp3) is 0.391. The molecular weight excluding hydrogens is 486 g/mol. The third kappa shape index (κ3) is 6.69. The number of unbranched alkanes of at least 4 members (excludes halogenated alkanes) is 1. The molecular formula is C23H27Cl2FN4O2S. The number of nitrogens with zero attached hydrogens (tertiary/aromatic N) is 3. The number of anilines is 2. The molecule has 1 N–H and O–H groups in total. The van der Waals surface area contributed by atoms with Gasteiger partial charge in [-0.05, 0) is 55.8 Å². The smallest absolute Gasteiger partial charge is 0.226 e. The van der Waals surface area contributed by atoms with E-state index in [1.54, 1.807) is 19.2 Å². The van der Waals surface area contributed by atoms with Crippen LogP contribution in [0.5, 0.6) is 5.75 Å². The van der Waals surface area contributed by atoms with Gasteiger partial charge < -0.3 is 15.0 Å². The van der Waals surface area contributed by atoms with Crippen molar-refractivity contribution in [3.63, 3.8) is 0 Å². The van der Waals surface area contributed by atoms with E-state index in [2.05, 4.69) is 20.1 Å². The van der Waals surface area contributed by atoms with Crippen molar-refractivity contribution in [3.8, 4) is 5.75 Å². The lowest BCUT2D eigenvalue weighted by Gasteiger charge is -2.36. The lowest BCUT2D eigenvalue weighted by Crippen LogP contribution is -2.46. The van der Waals surface area contributed by atoms with Gasteiger partial charge >= 0.3 is 0 Å². The van der Waals surface area contributed by atoms with Crippen molar-refractivity contribution in [2.75, 3.05) is 50.1 Å². The monoisotopic (exact) mass is 512 g/mol. The first kappa shape index (κ1) is 25.5. The van der Waals surface area contributed by atoms with Crippen molar-refractivity contribution >= 4 is 62.3 Å². The summed E-state index contributed by atoms with van der Waals surface area (Å²) in [5.41, 5.74) is 1.46. The molecule has 0 saturated carbocycles. The maximum Gasteiger partial charge on any atom is 0.226 e. The summed E-state index contributed by atoms with van der Waals surface area (Å²) in [6.07, 6.45) is 2.23. The van der Waals surface area contributed by atoms with Gasteiger partial charge in [0.05, 0.1) is 23.0 Å². The summed E-state index contributed by atoms with van der Waals surface area (Å²) in [4.78, 5) is 21.2. The van der Waals surface area contributed by atoms with Crippen molar-refractivity contribution in [2.24, 2.45) is 0 Å². The third-order valence-corrected chi connectivity index (χ3v) is 6.76. The van der Waals surface area contributed by atoms with Crippen LogP contribution in [0.2, 0.25) is 5.02 Å². The van der Waals surface area contributed by atoms with Gasteiger partial charge in [-0.2, -0.15) is 0 Å². The van der Waals surface area contributed by atoms with Gasteiger partial charge in [0, 0.05) is 37.6 Å². The normalized spacial score (nSPS) is 14.2. The molecule has 1 saturated heterocycles. The highest BCUT2D eigenvalue weighted by atomic mass is 35.5. The van der Waals surface area contributed by atoms with Gasteiger partial charge in [0.2, 0.25) is 5.91 Å². The fourth-order valence-electron chi connectivity index (χ4n) is 3.84. The predicted molar refractivity (Wildman–Crippen MR) is 136 cm³/mol. The zero-order valence-corrected chi connectivity index (χ0v) is 20.7. The standard InChI is InChI=1S/C23H26ClFN4O2S.ClH/c1-31-17-6-7-19-21(15-17)32-23(26-19)27-22(30)4-2-3-9-28-10-12-29(13-11-28)20-8-5-16(24)14-18(20)25;/h5-8,14-15H,2-4,9-13H2,1H3,(H,26,27,30);1H. The third-order valence-electron chi connectivity index (χ3n) is 5.59. The second kappa shape index (κ2) is 11.8. The number of nitrogens with one attached hydrogen (secondary N) is 1. The minimum absolute atomic E-state index is 0. The summed E-state index contributed by atoms with van der Waals surface area (Å²) in [6.45, 7) is 4.25. The summed E-state index contributed by atoms with van der Waals surface area (Å²) >= 11 is 7.29. The number of hydrogen-bond donors (Lipinski definition) is 1. The Bertz CT molecular complexity index is 1090. The molecule has 1 aliphatic rings. The SMILES string of the molecule is COc1ccc2nc(NC(=O)CCCCN3CCN(c4ccc(Cl)cc4F)CC3)sc2c1.Cl. The number of halogens is 3. The van der Waals surface area contributed by atoms with Gasteiger partial charge in [-0.1, -0.05) is 22.9 Å². The summed E-state index contributed by atoms with van der Waals surface area (Å²) in [5, 5.41) is 3.93. The van der Waals surface area contributed by atoms with Crippen LogP contribution in [0.3, 0.4) is 0 Å². The van der Waals surface area contributed by atoms with E-state index in [4.69, 9.17) is 16.3 Å². The van der Waals surface area contributed by atoms with Gasteiger partial charge in [-0.25, -0.2) is 9.37 Å². The second-order valence-corrected chi connectivity index (χ2v) is 9.25. The Kier molecular flexibility index (Phi) is 9.14. The van der Waals surface area contributed by atoms with E-state index in [0.717, 1.165) is 61.5 Å². The van der Waals surface area contributed by atoms with Crippen molar-refractivity contribution in [3.05, 3.63) is 47.2 Å². The molecule has 1 amide bonds. The van der Waals surface area contributed by atoms with Crippen LogP contribution in [0.15, 0.2) is 36.4 Å². The van der Waals surface area contributed by atoms with Crippen LogP contribution < -0.4 is 15.0 Å². The number of fused-ring (bicyclic) bond motifs is 1. The maximum atomic E-state index is 14.1. The van der Waals surface area contributed by atoms with Crippen LogP contribution >= 0.6 is 35.3 Å². The minimum atomic E-state index is -0.274. The van der Waals surface area contributed by atoms with E-state index < -0.39 is 0 Å². The Balaban J connectivity index is 0.00000306. The first-order chi connectivity index (χ1) is 15.5. The number of rotatable bonds is 8. The summed E-state index contributed by atoms with van der Waals surface area (Å²) in [5.74, 6) is 0.487. The molecule has 0 spiro atoms. The Morgan fingerprint density at radius 1 is 1.18 bits per heavy atom. The molecule has 0 unspecified atom stereocenters. The Hall–Kier alpha value is -2.13. The average Bonchev–Trinajstić information content (AvgIpc) is 3.18. The van der Waals surface area contributed by atoms with Crippen molar-refractivity contribution in [1.82, 2.24) is 9.88 Å². The van der Waals surface area contributed by atoms with Crippen LogP contribution in [-0.4, -0.2) is 55.6 Å². The number of methoxy groups -OCH3 is 1. The Morgan fingerprint density at radius 3 is 2.70 bits per heavy atom. The first-order valence-electron chi connectivity index (χ1n) is 10.7. The highest BCUT2D eigenvalue weighted by Crippen LogP contribution is 2.29. The van der Waals surface area contributed by atoms with Crippen molar-refractivity contribution in [1.29, 1.82) is 0 Å². The van der Waals surface area contributed by atoms with E-state index >= 15 is 0 Å². The minimum Gasteiger partial charge on any atom is -0.497 e. The topological polar surface area (TPSA) is 57.7 Å². The van der Waals surface area contributed by atoms with E-state index in [1.165, 1.54) is 17.4 Å². The van der Waals surface area contributed by atoms with Gasteiger partial charge in [0.15, 0.2) is 5.13 Å². The number of piperazine rings is 1. The second-order valence-electron chi connectivity index (χ2n) is 7.78. The highest BCUT2D eigenvalue weighted by Gasteiger charge is 2.19. The molecule has 1 aromatic heterocycles. The molecule has 1 fully saturated rings. The molecule has 178 valence electrons. The molecule has 10 heteroatoms.